The van der Waals surface area contributed by atoms with Gasteiger partial charge in [-0.25, -0.2) is 9.37 Å². The van der Waals surface area contributed by atoms with Gasteiger partial charge in [-0.2, -0.15) is 0 Å². The predicted octanol–water partition coefficient (Wildman–Crippen LogP) is 3.77. The first-order valence-corrected chi connectivity index (χ1v) is 8.87. The molecular formula is C20H23FN4O. The van der Waals surface area contributed by atoms with Gasteiger partial charge in [-0.1, -0.05) is 32.0 Å². The number of carbonyl (C=O) groups excluding carboxylic acids is 1. The van der Waals surface area contributed by atoms with E-state index in [4.69, 9.17) is 0 Å². The minimum absolute atomic E-state index is 0.271. The molecule has 26 heavy (non-hydrogen) atoms. The molecule has 0 saturated carbocycles. The van der Waals surface area contributed by atoms with Gasteiger partial charge in [0.25, 0.3) is 5.91 Å². The molecule has 1 aromatic heterocycles. The van der Waals surface area contributed by atoms with Gasteiger partial charge in [-0.15, -0.1) is 0 Å². The SMILES string of the molecule is CCN(CC)CCn1c(NC(=O)c2cccc(F)c2)nc2ccccc21. The highest BCUT2D eigenvalue weighted by Gasteiger charge is 2.15. The summed E-state index contributed by atoms with van der Waals surface area (Å²) in [5, 5.41) is 2.83. The van der Waals surface area contributed by atoms with Crippen LogP contribution in [0.5, 0.6) is 0 Å². The number of benzene rings is 2. The Balaban J connectivity index is 1.89. The van der Waals surface area contributed by atoms with Crippen molar-refractivity contribution >= 4 is 22.9 Å². The number of halogens is 1. The fourth-order valence-electron chi connectivity index (χ4n) is 2.98. The van der Waals surface area contributed by atoms with E-state index in [-0.39, 0.29) is 11.5 Å². The topological polar surface area (TPSA) is 50.2 Å². The third kappa shape index (κ3) is 3.91. The van der Waals surface area contributed by atoms with Crippen molar-refractivity contribution in [2.24, 2.45) is 0 Å². The number of nitrogens with one attached hydrogen (secondary N) is 1. The molecule has 0 aliphatic rings. The molecular weight excluding hydrogens is 331 g/mol. The van der Waals surface area contributed by atoms with Gasteiger partial charge in [0.2, 0.25) is 5.95 Å². The Hall–Kier alpha value is -2.73. The Labute approximate surface area is 152 Å². The summed E-state index contributed by atoms with van der Waals surface area (Å²) in [6, 6.07) is 13.4. The van der Waals surface area contributed by atoms with E-state index >= 15 is 0 Å². The molecule has 0 spiro atoms. The molecule has 0 saturated heterocycles. The van der Waals surface area contributed by atoms with Crippen LogP contribution >= 0.6 is 0 Å². The molecule has 0 atom stereocenters. The highest BCUT2D eigenvalue weighted by molar-refractivity contribution is 6.04. The number of carbonyl (C=O) groups is 1. The summed E-state index contributed by atoms with van der Waals surface area (Å²) in [5.74, 6) is -0.329. The first-order valence-electron chi connectivity index (χ1n) is 8.87. The van der Waals surface area contributed by atoms with Crippen molar-refractivity contribution in [3.63, 3.8) is 0 Å². The van der Waals surface area contributed by atoms with Crippen molar-refractivity contribution in [3.8, 4) is 0 Å². The summed E-state index contributed by atoms with van der Waals surface area (Å²) in [5.41, 5.74) is 2.06. The molecule has 6 heteroatoms. The summed E-state index contributed by atoms with van der Waals surface area (Å²) in [4.78, 5) is 19.4. The standard InChI is InChI=1S/C20H23FN4O/c1-3-24(4-2)12-13-25-18-11-6-5-10-17(18)22-20(25)23-19(26)15-8-7-9-16(21)14-15/h5-11,14H,3-4,12-13H2,1-2H3,(H,22,23,26). The molecule has 0 radical (unpaired) electrons. The molecule has 0 fully saturated rings. The minimum atomic E-state index is -0.437. The molecule has 136 valence electrons. The Kier molecular flexibility index (Phi) is 5.63. The normalized spacial score (nSPS) is 11.2. The number of imidazole rings is 1. The van der Waals surface area contributed by atoms with Crippen LogP contribution in [-0.2, 0) is 6.54 Å². The summed E-state index contributed by atoms with van der Waals surface area (Å²) in [6.45, 7) is 7.75. The van der Waals surface area contributed by atoms with Gasteiger partial charge >= 0.3 is 0 Å². The summed E-state index contributed by atoms with van der Waals surface area (Å²) < 4.78 is 15.4. The summed E-state index contributed by atoms with van der Waals surface area (Å²) in [6.07, 6.45) is 0. The molecule has 1 amide bonds. The maximum absolute atomic E-state index is 13.4. The van der Waals surface area contributed by atoms with Crippen LogP contribution in [0.1, 0.15) is 24.2 Å². The Morgan fingerprint density at radius 1 is 1.15 bits per heavy atom. The largest absolute Gasteiger partial charge is 0.309 e. The van der Waals surface area contributed by atoms with Crippen LogP contribution in [0.2, 0.25) is 0 Å². The number of rotatable bonds is 7. The van der Waals surface area contributed by atoms with E-state index in [0.717, 1.165) is 30.7 Å². The van der Waals surface area contributed by atoms with E-state index in [1.54, 1.807) is 6.07 Å². The number of hydrogen-bond donors (Lipinski definition) is 1. The lowest BCUT2D eigenvalue weighted by molar-refractivity contribution is 0.102. The average molecular weight is 354 g/mol. The quantitative estimate of drug-likeness (QED) is 0.703. The van der Waals surface area contributed by atoms with Crippen LogP contribution in [0.15, 0.2) is 48.5 Å². The number of likely N-dealkylation sites (N-methyl/N-ethyl adjacent to an activating group) is 1. The predicted molar refractivity (Wildman–Crippen MR) is 102 cm³/mol. The van der Waals surface area contributed by atoms with Gasteiger partial charge in [0.05, 0.1) is 11.0 Å². The zero-order valence-electron chi connectivity index (χ0n) is 15.1. The monoisotopic (exact) mass is 354 g/mol. The van der Waals surface area contributed by atoms with Crippen LogP contribution in [0, 0.1) is 5.82 Å². The van der Waals surface area contributed by atoms with Crippen molar-refractivity contribution < 1.29 is 9.18 Å². The maximum atomic E-state index is 13.4. The lowest BCUT2D eigenvalue weighted by Gasteiger charge is -2.19. The highest BCUT2D eigenvalue weighted by Crippen LogP contribution is 2.20. The fourth-order valence-corrected chi connectivity index (χ4v) is 2.98. The molecule has 0 aliphatic carbocycles. The summed E-state index contributed by atoms with van der Waals surface area (Å²) >= 11 is 0. The van der Waals surface area contributed by atoms with Gasteiger partial charge in [-0.3, -0.25) is 10.1 Å². The fraction of sp³-hybridized carbons (Fsp3) is 0.300. The average Bonchev–Trinajstić information content (AvgIpc) is 3.00. The van der Waals surface area contributed by atoms with Crippen molar-refractivity contribution in [1.82, 2.24) is 14.5 Å². The first-order chi connectivity index (χ1) is 12.6. The van der Waals surface area contributed by atoms with Crippen LogP contribution in [-0.4, -0.2) is 40.0 Å². The maximum Gasteiger partial charge on any atom is 0.258 e. The Morgan fingerprint density at radius 2 is 1.92 bits per heavy atom. The number of fused-ring (bicyclic) bond motifs is 1. The number of amides is 1. The molecule has 1 heterocycles. The van der Waals surface area contributed by atoms with Crippen molar-refractivity contribution in [1.29, 1.82) is 0 Å². The summed E-state index contributed by atoms with van der Waals surface area (Å²) in [7, 11) is 0. The molecule has 1 N–H and O–H groups in total. The second kappa shape index (κ2) is 8.10. The zero-order chi connectivity index (χ0) is 18.5. The van der Waals surface area contributed by atoms with E-state index in [0.29, 0.717) is 12.5 Å². The first kappa shape index (κ1) is 18.1. The van der Waals surface area contributed by atoms with Gasteiger partial charge in [-0.05, 0) is 43.4 Å². The van der Waals surface area contributed by atoms with Crippen LogP contribution in [0.4, 0.5) is 10.3 Å². The van der Waals surface area contributed by atoms with Crippen molar-refractivity contribution in [2.75, 3.05) is 25.0 Å². The number of nitrogens with zero attached hydrogens (tertiary/aromatic N) is 3. The molecule has 5 nitrogen and oxygen atoms in total. The molecule has 3 rings (SSSR count). The molecule has 3 aromatic rings. The van der Waals surface area contributed by atoms with Crippen molar-refractivity contribution in [2.45, 2.75) is 20.4 Å². The zero-order valence-corrected chi connectivity index (χ0v) is 15.1. The molecule has 0 bridgehead atoms. The smallest absolute Gasteiger partial charge is 0.258 e. The van der Waals surface area contributed by atoms with E-state index in [1.165, 1.54) is 18.2 Å². The Bertz CT molecular complexity index is 902. The van der Waals surface area contributed by atoms with Crippen LogP contribution < -0.4 is 5.32 Å². The van der Waals surface area contributed by atoms with E-state index < -0.39 is 5.82 Å². The molecule has 0 aliphatic heterocycles. The number of anilines is 1. The van der Waals surface area contributed by atoms with Gasteiger partial charge < -0.3 is 9.47 Å². The number of hydrogen-bond acceptors (Lipinski definition) is 3. The Morgan fingerprint density at radius 3 is 2.65 bits per heavy atom. The van der Waals surface area contributed by atoms with E-state index in [1.807, 2.05) is 28.8 Å². The van der Waals surface area contributed by atoms with Gasteiger partial charge in [0.1, 0.15) is 5.82 Å². The number of aromatic nitrogens is 2. The van der Waals surface area contributed by atoms with E-state index in [2.05, 4.69) is 29.0 Å². The number of para-hydroxylation sites is 2. The lowest BCUT2D eigenvalue weighted by atomic mass is 10.2. The van der Waals surface area contributed by atoms with Gasteiger partial charge in [0, 0.05) is 18.7 Å². The van der Waals surface area contributed by atoms with E-state index in [9.17, 15) is 9.18 Å². The second-order valence-corrected chi connectivity index (χ2v) is 6.07. The second-order valence-electron chi connectivity index (χ2n) is 6.07. The van der Waals surface area contributed by atoms with Crippen LogP contribution in [0.3, 0.4) is 0 Å². The molecule has 2 aromatic carbocycles. The highest BCUT2D eigenvalue weighted by atomic mass is 19.1. The third-order valence-corrected chi connectivity index (χ3v) is 4.50. The van der Waals surface area contributed by atoms with Crippen molar-refractivity contribution in [3.05, 3.63) is 59.9 Å². The molecule has 0 unspecified atom stereocenters. The van der Waals surface area contributed by atoms with Gasteiger partial charge in [0.15, 0.2) is 0 Å². The lowest BCUT2D eigenvalue weighted by Crippen LogP contribution is -2.27. The minimum Gasteiger partial charge on any atom is -0.309 e. The third-order valence-electron chi connectivity index (χ3n) is 4.50. The van der Waals surface area contributed by atoms with Crippen LogP contribution in [0.25, 0.3) is 11.0 Å².